The van der Waals surface area contributed by atoms with Gasteiger partial charge >= 0.3 is 41.0 Å². The van der Waals surface area contributed by atoms with E-state index < -0.39 is 11.9 Å². The maximum Gasteiger partial charge on any atom is 2.00 e. The van der Waals surface area contributed by atoms with Crippen molar-refractivity contribution in [3.8, 4) is 0 Å². The molecule has 1 rings (SSSR count). The van der Waals surface area contributed by atoms with Crippen molar-refractivity contribution in [2.75, 3.05) is 11.9 Å². The van der Waals surface area contributed by atoms with Crippen LogP contribution in [0, 0.1) is 18.8 Å². The molecule has 1 aliphatic rings. The van der Waals surface area contributed by atoms with Gasteiger partial charge in [0.05, 0.1) is 6.61 Å². The summed E-state index contributed by atoms with van der Waals surface area (Å²) in [4.78, 5) is 32.1. The van der Waals surface area contributed by atoms with Crippen LogP contribution in [-0.2, 0) is 19.1 Å². The molecule has 0 amide bonds. The van der Waals surface area contributed by atoms with Gasteiger partial charge < -0.3 is 38.9 Å². The van der Waals surface area contributed by atoms with Crippen LogP contribution in [0.5, 0.6) is 0 Å². The van der Waals surface area contributed by atoms with Crippen LogP contribution in [0.15, 0.2) is 0 Å². The Balaban J connectivity index is -0.000000270. The van der Waals surface area contributed by atoms with Gasteiger partial charge in [-0.3, -0.25) is 14.4 Å². The Kier molecular flexibility index (Phi) is 77.4. The molecule has 0 saturated carbocycles. The van der Waals surface area contributed by atoms with E-state index in [-0.39, 0.29) is 46.0 Å². The van der Waals surface area contributed by atoms with E-state index in [2.05, 4.69) is 50.5 Å². The number of carbonyl (C=O) groups excluding carboxylic acids is 1. The molecular formula is C58H114Br2MgO6. The van der Waals surface area contributed by atoms with Crippen molar-refractivity contribution in [3.05, 3.63) is 6.92 Å². The number of alkyl halides is 1. The Morgan fingerprint density at radius 3 is 0.985 bits per heavy atom. The van der Waals surface area contributed by atoms with E-state index in [4.69, 9.17) is 14.9 Å². The fourth-order valence-corrected chi connectivity index (χ4v) is 8.41. The molecule has 2 N–H and O–H groups in total. The minimum absolute atomic E-state index is 0. The molecule has 67 heavy (non-hydrogen) atoms. The zero-order valence-corrected chi connectivity index (χ0v) is 49.9. The summed E-state index contributed by atoms with van der Waals surface area (Å²) in [7, 11) is 0. The Morgan fingerprint density at radius 1 is 0.463 bits per heavy atom. The van der Waals surface area contributed by atoms with Crippen LogP contribution in [0.4, 0.5) is 0 Å². The number of aliphatic carboxylic acids is 2. The summed E-state index contributed by atoms with van der Waals surface area (Å²) < 4.78 is 5.23. The van der Waals surface area contributed by atoms with E-state index in [1.165, 1.54) is 231 Å². The molecule has 1 fully saturated rings. The van der Waals surface area contributed by atoms with Gasteiger partial charge in [-0.2, -0.15) is 6.42 Å². The molecule has 0 unspecified atom stereocenters. The zero-order chi connectivity index (χ0) is 48.5. The van der Waals surface area contributed by atoms with Gasteiger partial charge in [0, 0.05) is 24.6 Å². The van der Waals surface area contributed by atoms with Crippen LogP contribution in [0.2, 0.25) is 0 Å². The van der Waals surface area contributed by atoms with E-state index in [1.807, 2.05) is 0 Å². The Hall–Kier alpha value is 0.136. The average Bonchev–Trinajstić information content (AvgIpc) is 3.28. The number of carboxylic acids is 2. The fraction of sp³-hybridized carbons (Fsp3) is 0.931. The number of rotatable bonds is 34. The normalized spacial score (nSPS) is 13.8. The molecule has 9 heteroatoms. The molecule has 6 nitrogen and oxygen atoms in total. The largest absolute Gasteiger partial charge is 2.00 e. The number of cyclic esters (lactones) is 1. The molecular weight excluding hydrogens is 977 g/mol. The zero-order valence-electron chi connectivity index (χ0n) is 45.3. The van der Waals surface area contributed by atoms with E-state index >= 15 is 0 Å². The van der Waals surface area contributed by atoms with Gasteiger partial charge in [-0.1, -0.05) is 287 Å². The quantitative estimate of drug-likeness (QED) is 0.0219. The third-order valence-electron chi connectivity index (χ3n) is 12.6. The summed E-state index contributed by atoms with van der Waals surface area (Å²) in [6, 6.07) is 0. The summed E-state index contributed by atoms with van der Waals surface area (Å²) in [6.07, 6.45) is 57.3. The Labute approximate surface area is 453 Å². The molecule has 1 heterocycles. The first-order valence-electron chi connectivity index (χ1n) is 28.5. The summed E-state index contributed by atoms with van der Waals surface area (Å²) in [6.45, 7) is 13.3. The average molecular weight is 1090 g/mol. The summed E-state index contributed by atoms with van der Waals surface area (Å²) in [5, 5.41) is 18.2. The minimum atomic E-state index is -0.656. The molecule has 0 spiro atoms. The first-order valence-corrected chi connectivity index (χ1v) is 29.6. The van der Waals surface area contributed by atoms with Crippen molar-refractivity contribution in [2.24, 2.45) is 11.8 Å². The van der Waals surface area contributed by atoms with E-state index in [0.29, 0.717) is 25.9 Å². The van der Waals surface area contributed by atoms with Crippen LogP contribution in [0.25, 0.3) is 0 Å². The van der Waals surface area contributed by atoms with Gasteiger partial charge in [0.1, 0.15) is 0 Å². The van der Waals surface area contributed by atoms with Gasteiger partial charge in [-0.25, -0.2) is 0 Å². The van der Waals surface area contributed by atoms with Crippen molar-refractivity contribution in [1.82, 2.24) is 0 Å². The van der Waals surface area contributed by atoms with Crippen molar-refractivity contribution in [3.63, 3.8) is 0 Å². The third kappa shape index (κ3) is 83.3. The third-order valence-corrected chi connectivity index (χ3v) is 13.1. The number of carboxylic acid groups (broad SMARTS) is 2. The smallest absolute Gasteiger partial charge is 1.00 e. The van der Waals surface area contributed by atoms with E-state index in [1.54, 1.807) is 0 Å². The minimum Gasteiger partial charge on any atom is -1.00 e. The van der Waals surface area contributed by atoms with Gasteiger partial charge in [0.15, 0.2) is 0 Å². The second kappa shape index (κ2) is 68.2. The molecule has 1 saturated heterocycles. The molecule has 0 bridgehead atoms. The topological polar surface area (TPSA) is 101 Å². The molecule has 0 aromatic rings. The number of unbranched alkanes of at least 4 members (excludes halogenated alkanes) is 26. The van der Waals surface area contributed by atoms with E-state index in [9.17, 15) is 14.4 Å². The van der Waals surface area contributed by atoms with Gasteiger partial charge in [-0.05, 0) is 38.0 Å². The Morgan fingerprint density at radius 2 is 0.716 bits per heavy atom. The van der Waals surface area contributed by atoms with Crippen LogP contribution in [0.3, 0.4) is 0 Å². The summed E-state index contributed by atoms with van der Waals surface area (Å²) in [5.41, 5.74) is 0. The van der Waals surface area contributed by atoms with Crippen LogP contribution >= 0.6 is 15.9 Å². The number of esters is 1. The first kappa shape index (κ1) is 76.1. The Bertz CT molecular complexity index is 917. The molecule has 0 aromatic heterocycles. The maximum atomic E-state index is 11.4. The fourth-order valence-electron chi connectivity index (χ4n) is 8.02. The number of carbonyl (C=O) groups is 3. The first-order chi connectivity index (χ1) is 31.6. The molecule has 0 aliphatic carbocycles. The van der Waals surface area contributed by atoms with E-state index in [0.717, 1.165) is 62.1 Å². The molecule has 0 atom stereocenters. The molecule has 1 aliphatic heterocycles. The SMILES string of the molecule is CC(C)CCCCCCCCCCCCCCCCCC(=O)O.O=C(O)CCCCCCCCCCCCCCCBr.O=C1CCCCCCCCCCCCCCCO1.[Br-].[CH2-]CC(C)C.[Mg+2]. The standard InChI is InChI=1S/C21H42O2.C16H31BrO2.C16H30O2.C5H11.BrH.Mg/c1-20(2)18-16-14-12-10-8-6-4-3-5-7-9-11-13-15-17-19-21(22)23;17-15-13-11-9-7-5-3-1-2-4-6-8-10-12-14-16(18)19;17-16-14-12-10-8-6-4-2-1-3-5-7-9-11-13-15-18-16;1-4-5(2)3;;/h20H,3-19H2,1-2H3,(H,22,23);1-15H2,(H,18,19);1-15H2;5H,1,4H2,2-3H3;1H;/q;;;-1;;+2/p-1. The molecule has 0 radical (unpaired) electrons. The predicted octanol–water partition coefficient (Wildman–Crippen LogP) is 16.8. The van der Waals surface area contributed by atoms with Gasteiger partial charge in [0.25, 0.3) is 0 Å². The second-order valence-electron chi connectivity index (χ2n) is 20.3. The molecule has 0 aromatic carbocycles. The van der Waals surface area contributed by atoms with Gasteiger partial charge in [-0.15, -0.1) is 0 Å². The summed E-state index contributed by atoms with van der Waals surface area (Å²) >= 11 is 3.46. The second-order valence-corrected chi connectivity index (χ2v) is 21.1. The van der Waals surface area contributed by atoms with Crippen LogP contribution in [-0.4, -0.2) is 63.1 Å². The van der Waals surface area contributed by atoms with Crippen molar-refractivity contribution >= 4 is 56.9 Å². The maximum absolute atomic E-state index is 11.4. The van der Waals surface area contributed by atoms with Crippen molar-refractivity contribution in [2.45, 2.75) is 323 Å². The number of hydrogen-bond donors (Lipinski definition) is 2. The summed E-state index contributed by atoms with van der Waals surface area (Å²) in [5.74, 6) is 0.353. The van der Waals surface area contributed by atoms with Crippen molar-refractivity contribution in [1.29, 1.82) is 0 Å². The monoisotopic (exact) mass is 1090 g/mol. The predicted molar refractivity (Wildman–Crippen MR) is 293 cm³/mol. The van der Waals surface area contributed by atoms with Crippen LogP contribution < -0.4 is 17.0 Å². The van der Waals surface area contributed by atoms with Crippen molar-refractivity contribution < 1.29 is 46.3 Å². The number of halogens is 2. The molecule has 398 valence electrons. The van der Waals surface area contributed by atoms with Gasteiger partial charge in [0.2, 0.25) is 0 Å². The van der Waals surface area contributed by atoms with Crippen LogP contribution in [0.1, 0.15) is 323 Å². The number of hydrogen-bond acceptors (Lipinski definition) is 4. The number of ether oxygens (including phenoxy) is 1.